The summed E-state index contributed by atoms with van der Waals surface area (Å²) in [5.41, 5.74) is 12.8. The molecule has 5 heterocycles. The molecule has 0 amide bonds. The second-order valence-electron chi connectivity index (χ2n) is 20.1. The van der Waals surface area contributed by atoms with Crippen LogP contribution in [0.4, 0.5) is 34.1 Å². The molecule has 8 aromatic rings. The fourth-order valence-electron chi connectivity index (χ4n) is 10.9. The molecule has 3 aliphatic heterocycles. The minimum atomic E-state index is -1.23. The number of carboxylic acids is 1. The van der Waals surface area contributed by atoms with Crippen LogP contribution in [0.2, 0.25) is 0 Å². The lowest BCUT2D eigenvalue weighted by Gasteiger charge is -2.33. The van der Waals surface area contributed by atoms with Crippen LogP contribution in [-0.4, -0.2) is 30.7 Å². The molecule has 11 heteroatoms. The Morgan fingerprint density at radius 3 is 1.30 bits per heavy atom. The number of hydrogen-bond acceptors (Lipinski definition) is 10. The zero-order valence-electron chi connectivity index (χ0n) is 44.1. The molecule has 3 aliphatic rings. The number of benzene rings is 6. The molecule has 0 spiro atoms. The van der Waals surface area contributed by atoms with Crippen LogP contribution in [-0.2, 0) is 4.79 Å². The van der Waals surface area contributed by atoms with Gasteiger partial charge in [0.05, 0.1) is 39.0 Å². The standard InChI is InChI=1S/C66H64N4O2S5/c1-4-7-10-19-34-68-51-22-13-16-25-57(51)74-60-38-44(28-31-54(60)68)49-41-48(37-47(43-67)66(71)72)73-65(49)63-42-50(45-29-32-55-61(39-45)75-58-26-17-14-23-52(58)69(55)35-20-11-8-5-2)64(77-63)46-30-33-56-62(40-46)76-59-27-18-15-24-53(59)70(56)36-21-12-9-6-3/h13-18,22-33,37-42H,4-12,19-21,34-36H2,1-3H3,(H,71,72)/b47-37+. The fraction of sp³-hybridized carbons (Fsp3) is 0.273. The molecule has 1 N–H and O–H groups in total. The average molecular weight is 1110 g/mol. The van der Waals surface area contributed by atoms with Crippen molar-refractivity contribution in [2.45, 2.75) is 127 Å². The zero-order chi connectivity index (χ0) is 52.8. The quantitative estimate of drug-likeness (QED) is 0.0430. The van der Waals surface area contributed by atoms with Gasteiger partial charge >= 0.3 is 5.97 Å². The Morgan fingerprint density at radius 2 is 0.870 bits per heavy atom. The Bertz CT molecular complexity index is 3400. The van der Waals surface area contributed by atoms with Crippen LogP contribution in [0, 0.1) is 11.3 Å². The fourth-order valence-corrected chi connectivity index (χ4v) is 16.7. The molecular weight excluding hydrogens is 1040 g/mol. The van der Waals surface area contributed by atoms with Gasteiger partial charge in [-0.3, -0.25) is 0 Å². The molecule has 2 aromatic heterocycles. The largest absolute Gasteiger partial charge is 0.477 e. The second-order valence-corrected chi connectivity index (χ2v) is 25.5. The van der Waals surface area contributed by atoms with Gasteiger partial charge in [0.1, 0.15) is 11.6 Å². The maximum absolute atomic E-state index is 12.4. The normalized spacial score (nSPS) is 13.3. The molecule has 0 radical (unpaired) electrons. The first-order chi connectivity index (χ1) is 37.8. The van der Waals surface area contributed by atoms with E-state index in [0.29, 0.717) is 0 Å². The summed E-state index contributed by atoms with van der Waals surface area (Å²) in [6.45, 7) is 9.70. The van der Waals surface area contributed by atoms with Crippen LogP contribution in [0.15, 0.2) is 174 Å². The van der Waals surface area contributed by atoms with Crippen molar-refractivity contribution in [3.05, 3.63) is 150 Å². The van der Waals surface area contributed by atoms with Gasteiger partial charge in [0.2, 0.25) is 0 Å². The lowest BCUT2D eigenvalue weighted by Crippen LogP contribution is -2.22. The summed E-state index contributed by atoms with van der Waals surface area (Å²) in [5, 5.41) is 20.1. The minimum Gasteiger partial charge on any atom is -0.477 e. The van der Waals surface area contributed by atoms with E-state index in [-0.39, 0.29) is 5.57 Å². The first-order valence-electron chi connectivity index (χ1n) is 27.5. The van der Waals surface area contributed by atoms with Gasteiger partial charge in [0, 0.05) is 74.8 Å². The van der Waals surface area contributed by atoms with E-state index in [4.69, 9.17) is 0 Å². The van der Waals surface area contributed by atoms with E-state index in [2.05, 4.69) is 175 Å². The van der Waals surface area contributed by atoms with Crippen molar-refractivity contribution in [1.29, 1.82) is 5.26 Å². The van der Waals surface area contributed by atoms with Gasteiger partial charge in [0.15, 0.2) is 0 Å². The van der Waals surface area contributed by atoms with Gasteiger partial charge in [-0.2, -0.15) is 5.26 Å². The lowest BCUT2D eigenvalue weighted by molar-refractivity contribution is -0.132. The van der Waals surface area contributed by atoms with Crippen LogP contribution < -0.4 is 14.7 Å². The predicted molar refractivity (Wildman–Crippen MR) is 330 cm³/mol. The molecule has 0 bridgehead atoms. The Kier molecular flexibility index (Phi) is 16.7. The Balaban J connectivity index is 1.06. The molecule has 0 unspecified atom stereocenters. The molecule has 0 aliphatic carbocycles. The topological polar surface area (TPSA) is 70.8 Å². The molecule has 11 rings (SSSR count). The molecule has 6 nitrogen and oxygen atoms in total. The lowest BCUT2D eigenvalue weighted by atomic mass is 9.99. The maximum Gasteiger partial charge on any atom is 0.346 e. The second kappa shape index (κ2) is 24.3. The number of anilines is 6. The smallest absolute Gasteiger partial charge is 0.346 e. The van der Waals surface area contributed by atoms with Crippen molar-refractivity contribution >= 4 is 104 Å². The third kappa shape index (κ3) is 11.2. The number of rotatable bonds is 21. The summed E-state index contributed by atoms with van der Waals surface area (Å²) >= 11 is 8.89. The van der Waals surface area contributed by atoms with Crippen LogP contribution in [0.5, 0.6) is 0 Å². The minimum absolute atomic E-state index is 0.284. The monoisotopic (exact) mass is 1100 g/mol. The number of nitriles is 1. The van der Waals surface area contributed by atoms with Crippen LogP contribution in [0.3, 0.4) is 0 Å². The van der Waals surface area contributed by atoms with E-state index >= 15 is 0 Å². The number of nitrogens with zero attached hydrogens (tertiary/aromatic N) is 4. The third-order valence-electron chi connectivity index (χ3n) is 14.8. The molecule has 390 valence electrons. The van der Waals surface area contributed by atoms with E-state index in [1.54, 1.807) is 22.7 Å². The van der Waals surface area contributed by atoms with Crippen molar-refractivity contribution in [2.24, 2.45) is 0 Å². The average Bonchev–Trinajstić information content (AvgIpc) is 4.16. The van der Waals surface area contributed by atoms with Gasteiger partial charge in [-0.15, -0.1) is 22.7 Å². The first-order valence-corrected chi connectivity index (χ1v) is 31.6. The summed E-state index contributed by atoms with van der Waals surface area (Å²) in [6.07, 6.45) is 15.9. The number of fused-ring (bicyclic) bond motifs is 6. The number of unbranched alkanes of at least 4 members (excludes halogenated alkanes) is 9. The van der Waals surface area contributed by atoms with Crippen LogP contribution in [0.25, 0.3) is 48.5 Å². The highest BCUT2D eigenvalue weighted by atomic mass is 32.2. The van der Waals surface area contributed by atoms with Crippen molar-refractivity contribution in [2.75, 3.05) is 34.3 Å². The Hall–Kier alpha value is -6.13. The van der Waals surface area contributed by atoms with E-state index in [1.165, 1.54) is 138 Å². The summed E-state index contributed by atoms with van der Waals surface area (Å²) in [7, 11) is 0. The van der Waals surface area contributed by atoms with Gasteiger partial charge < -0.3 is 19.8 Å². The molecule has 0 saturated carbocycles. The molecular formula is C66H64N4O2S5. The Morgan fingerprint density at radius 1 is 0.468 bits per heavy atom. The molecule has 0 atom stereocenters. The van der Waals surface area contributed by atoms with Crippen molar-refractivity contribution in [1.82, 2.24) is 0 Å². The molecule has 0 fully saturated rings. The van der Waals surface area contributed by atoms with Crippen molar-refractivity contribution in [3.8, 4) is 48.5 Å². The van der Waals surface area contributed by atoms with E-state index in [0.717, 1.165) is 75.8 Å². The number of carboxylic acid groups (broad SMARTS) is 1. The number of hydrogen-bond donors (Lipinski definition) is 1. The predicted octanol–water partition coefficient (Wildman–Crippen LogP) is 21.0. The van der Waals surface area contributed by atoms with E-state index in [9.17, 15) is 15.2 Å². The summed E-state index contributed by atoms with van der Waals surface area (Å²) in [6, 6.07) is 53.8. The SMILES string of the molecule is CCCCCCN1c2ccccc2Sc2cc(-c3cc(-c4sc(/C=C(\C#N)C(=O)O)cc4-c4ccc5c(c4)Sc4ccccc4N5CCCCCC)sc3-c3ccc4c(c3)Sc3ccccc3N4CCCCCC)ccc21. The highest BCUT2D eigenvalue weighted by molar-refractivity contribution is 8.00. The highest BCUT2D eigenvalue weighted by Gasteiger charge is 2.29. The van der Waals surface area contributed by atoms with Crippen LogP contribution >= 0.6 is 58.0 Å². The van der Waals surface area contributed by atoms with Gasteiger partial charge in [-0.25, -0.2) is 4.79 Å². The Labute approximate surface area is 475 Å². The van der Waals surface area contributed by atoms with Crippen molar-refractivity contribution in [3.63, 3.8) is 0 Å². The van der Waals surface area contributed by atoms with Gasteiger partial charge in [-0.05, 0) is 127 Å². The maximum atomic E-state index is 12.4. The van der Waals surface area contributed by atoms with Crippen LogP contribution in [0.1, 0.15) is 103 Å². The first kappa shape index (κ1) is 52.9. The molecule has 77 heavy (non-hydrogen) atoms. The number of carbonyl (C=O) groups is 1. The number of aliphatic carboxylic acids is 1. The van der Waals surface area contributed by atoms with E-state index < -0.39 is 5.97 Å². The highest BCUT2D eigenvalue weighted by Crippen LogP contribution is 2.56. The van der Waals surface area contributed by atoms with Gasteiger partial charge in [0.25, 0.3) is 0 Å². The van der Waals surface area contributed by atoms with Gasteiger partial charge in [-0.1, -0.05) is 168 Å². The number of thiophene rings is 2. The zero-order valence-corrected chi connectivity index (χ0v) is 48.2. The number of para-hydroxylation sites is 3. The van der Waals surface area contributed by atoms with E-state index in [1.807, 2.05) is 41.4 Å². The third-order valence-corrected chi connectivity index (χ3v) is 20.6. The summed E-state index contributed by atoms with van der Waals surface area (Å²) < 4.78 is 0. The molecule has 6 aromatic carbocycles. The summed E-state index contributed by atoms with van der Waals surface area (Å²) in [5.74, 6) is -1.23. The molecule has 0 saturated heterocycles. The summed E-state index contributed by atoms with van der Waals surface area (Å²) in [4.78, 5) is 31.5. The van der Waals surface area contributed by atoms with Crippen molar-refractivity contribution < 1.29 is 9.90 Å².